The van der Waals surface area contributed by atoms with E-state index >= 15 is 0 Å². The third kappa shape index (κ3) is 7.50. The number of aromatic nitrogens is 1. The van der Waals surface area contributed by atoms with Gasteiger partial charge in [-0.25, -0.2) is 9.78 Å². The van der Waals surface area contributed by atoms with Crippen LogP contribution >= 0.6 is 0 Å². The Hall–Kier alpha value is -4.13. The van der Waals surface area contributed by atoms with Gasteiger partial charge in [0.2, 0.25) is 11.8 Å². The highest BCUT2D eigenvalue weighted by atomic mass is 16.5. The summed E-state index contributed by atoms with van der Waals surface area (Å²) in [6.07, 6.45) is 4.60. The van der Waals surface area contributed by atoms with E-state index in [0.29, 0.717) is 23.8 Å². The van der Waals surface area contributed by atoms with Gasteiger partial charge in [-0.2, -0.15) is 0 Å². The van der Waals surface area contributed by atoms with Crippen LogP contribution in [-0.4, -0.2) is 28.6 Å². The number of ether oxygens (including phenoxy) is 2. The molecule has 0 spiro atoms. The van der Waals surface area contributed by atoms with Crippen LogP contribution in [0, 0.1) is 0 Å². The topological polar surface area (TPSA) is 97.8 Å². The van der Waals surface area contributed by atoms with Crippen molar-refractivity contribution in [3.8, 4) is 17.4 Å². The molecule has 0 fully saturated rings. The summed E-state index contributed by atoms with van der Waals surface area (Å²) in [7, 11) is 0. The summed E-state index contributed by atoms with van der Waals surface area (Å²) in [6, 6.07) is 17.0. The normalized spacial score (nSPS) is 10.2. The average Bonchev–Trinajstić information content (AvgIpc) is 2.79. The second-order valence-electron chi connectivity index (χ2n) is 7.57. The molecular formula is C26H26N2O5. The Labute approximate surface area is 192 Å². The summed E-state index contributed by atoms with van der Waals surface area (Å²) in [5.74, 6) is 0.350. The largest absolute Gasteiger partial charge is 0.493 e. The van der Waals surface area contributed by atoms with Crippen LogP contribution < -0.4 is 14.8 Å². The van der Waals surface area contributed by atoms with Crippen LogP contribution in [-0.2, 0) is 11.2 Å². The molecule has 1 aromatic heterocycles. The van der Waals surface area contributed by atoms with Crippen LogP contribution in [0.5, 0.6) is 17.4 Å². The third-order valence-corrected chi connectivity index (χ3v) is 4.58. The predicted octanol–water partition coefficient (Wildman–Crippen LogP) is 5.49. The van der Waals surface area contributed by atoms with Gasteiger partial charge >= 0.3 is 5.97 Å². The number of pyridine rings is 1. The van der Waals surface area contributed by atoms with E-state index in [9.17, 15) is 14.7 Å². The summed E-state index contributed by atoms with van der Waals surface area (Å²) >= 11 is 0. The second-order valence-corrected chi connectivity index (χ2v) is 7.57. The summed E-state index contributed by atoms with van der Waals surface area (Å²) in [5.41, 5.74) is 2.24. The Morgan fingerprint density at radius 3 is 2.39 bits per heavy atom. The fraction of sp³-hybridized carbons (Fsp3) is 0.192. The van der Waals surface area contributed by atoms with Crippen LogP contribution in [0.15, 0.2) is 78.5 Å². The lowest BCUT2D eigenvalue weighted by molar-refractivity contribution is -0.115. The molecule has 2 aromatic carbocycles. The van der Waals surface area contributed by atoms with Gasteiger partial charge < -0.3 is 19.9 Å². The molecule has 0 aliphatic heterocycles. The second kappa shape index (κ2) is 11.5. The molecule has 0 radical (unpaired) electrons. The quantitative estimate of drug-likeness (QED) is 0.316. The lowest BCUT2D eigenvalue weighted by Crippen LogP contribution is -2.16. The van der Waals surface area contributed by atoms with E-state index in [1.54, 1.807) is 48.7 Å². The maximum atomic E-state index is 12.3. The number of allylic oxidation sites excluding steroid dienone is 1. The van der Waals surface area contributed by atoms with E-state index < -0.39 is 5.97 Å². The number of anilines is 1. The number of amides is 1. The van der Waals surface area contributed by atoms with Gasteiger partial charge in [0, 0.05) is 12.3 Å². The molecule has 3 rings (SSSR count). The number of carboxylic acids is 1. The van der Waals surface area contributed by atoms with E-state index in [1.807, 2.05) is 12.1 Å². The van der Waals surface area contributed by atoms with Crippen molar-refractivity contribution in [2.45, 2.75) is 26.7 Å². The molecule has 1 amide bonds. The first-order valence-electron chi connectivity index (χ1n) is 10.5. The van der Waals surface area contributed by atoms with Crippen LogP contribution in [0.2, 0.25) is 0 Å². The van der Waals surface area contributed by atoms with Crippen molar-refractivity contribution >= 4 is 17.6 Å². The Morgan fingerprint density at radius 2 is 1.73 bits per heavy atom. The molecule has 1 heterocycles. The monoisotopic (exact) mass is 446 g/mol. The molecule has 0 aliphatic rings. The number of aromatic carboxylic acids is 1. The zero-order valence-electron chi connectivity index (χ0n) is 18.6. The van der Waals surface area contributed by atoms with Crippen molar-refractivity contribution in [1.29, 1.82) is 0 Å². The van der Waals surface area contributed by atoms with Gasteiger partial charge in [-0.3, -0.25) is 4.79 Å². The maximum Gasteiger partial charge on any atom is 0.337 e. The number of rotatable bonds is 10. The minimum atomic E-state index is -1.10. The van der Waals surface area contributed by atoms with Crippen molar-refractivity contribution in [3.63, 3.8) is 0 Å². The van der Waals surface area contributed by atoms with E-state index in [1.165, 1.54) is 11.6 Å². The van der Waals surface area contributed by atoms with Gasteiger partial charge in [0.1, 0.15) is 11.5 Å². The van der Waals surface area contributed by atoms with Crippen molar-refractivity contribution in [2.24, 2.45) is 0 Å². The number of carbonyl (C=O) groups is 2. The lowest BCUT2D eigenvalue weighted by atomic mass is 10.1. The van der Waals surface area contributed by atoms with Gasteiger partial charge in [-0.05, 0) is 62.2 Å². The summed E-state index contributed by atoms with van der Waals surface area (Å²) in [6.45, 7) is 4.73. The van der Waals surface area contributed by atoms with Crippen LogP contribution in [0.4, 0.5) is 5.69 Å². The number of carboxylic acid groups (broad SMARTS) is 1. The molecule has 7 nitrogen and oxygen atoms in total. The average molecular weight is 447 g/mol. The van der Waals surface area contributed by atoms with Crippen molar-refractivity contribution in [2.75, 3.05) is 11.9 Å². The molecule has 2 N–H and O–H groups in total. The molecule has 0 atom stereocenters. The molecule has 0 saturated heterocycles. The molecule has 33 heavy (non-hydrogen) atoms. The van der Waals surface area contributed by atoms with E-state index in [-0.39, 0.29) is 23.6 Å². The first-order chi connectivity index (χ1) is 15.9. The van der Waals surface area contributed by atoms with E-state index in [0.717, 1.165) is 12.2 Å². The molecule has 0 aliphatic carbocycles. The van der Waals surface area contributed by atoms with Crippen LogP contribution in [0.25, 0.3) is 0 Å². The van der Waals surface area contributed by atoms with Crippen LogP contribution in [0.3, 0.4) is 0 Å². The highest BCUT2D eigenvalue weighted by Gasteiger charge is 2.12. The molecule has 3 aromatic rings. The number of benzene rings is 2. The van der Waals surface area contributed by atoms with Gasteiger partial charge in [0.05, 0.1) is 24.3 Å². The summed E-state index contributed by atoms with van der Waals surface area (Å²) in [4.78, 5) is 27.8. The van der Waals surface area contributed by atoms with Crippen LogP contribution in [0.1, 0.15) is 36.2 Å². The van der Waals surface area contributed by atoms with Gasteiger partial charge in [0.15, 0.2) is 0 Å². The Balaban J connectivity index is 1.51. The Kier molecular flexibility index (Phi) is 8.18. The Bertz CT molecular complexity index is 1120. The van der Waals surface area contributed by atoms with Crippen molar-refractivity contribution in [3.05, 3.63) is 89.6 Å². The van der Waals surface area contributed by atoms with Crippen molar-refractivity contribution in [1.82, 2.24) is 4.98 Å². The Morgan fingerprint density at radius 1 is 1.00 bits per heavy atom. The molecule has 0 bridgehead atoms. The van der Waals surface area contributed by atoms with Crippen molar-refractivity contribution < 1.29 is 24.2 Å². The molecular weight excluding hydrogens is 420 g/mol. The number of carbonyl (C=O) groups excluding carboxylic acids is 1. The number of hydrogen-bond acceptors (Lipinski definition) is 5. The summed E-state index contributed by atoms with van der Waals surface area (Å²) < 4.78 is 11.4. The molecule has 170 valence electrons. The lowest BCUT2D eigenvalue weighted by Gasteiger charge is -2.09. The van der Waals surface area contributed by atoms with Gasteiger partial charge in [-0.1, -0.05) is 29.8 Å². The van der Waals surface area contributed by atoms with E-state index in [2.05, 4.69) is 30.2 Å². The fourth-order valence-corrected chi connectivity index (χ4v) is 2.98. The minimum absolute atomic E-state index is 0.0389. The van der Waals surface area contributed by atoms with E-state index in [4.69, 9.17) is 9.47 Å². The zero-order valence-corrected chi connectivity index (χ0v) is 18.6. The van der Waals surface area contributed by atoms with Gasteiger partial charge in [0.25, 0.3) is 0 Å². The first-order valence-corrected chi connectivity index (χ1v) is 10.5. The number of hydrogen-bond donors (Lipinski definition) is 2. The SMILES string of the molecule is CC(C)=CCCOc1ccc(Oc2ccc(CC(=O)Nc3ccccc3C(=O)O)cn2)cc1. The molecule has 0 saturated carbocycles. The maximum absolute atomic E-state index is 12.3. The smallest absolute Gasteiger partial charge is 0.337 e. The molecule has 7 heteroatoms. The highest BCUT2D eigenvalue weighted by Crippen LogP contribution is 2.23. The summed E-state index contributed by atoms with van der Waals surface area (Å²) in [5, 5.41) is 11.8. The number of nitrogens with zero attached hydrogens (tertiary/aromatic N) is 1. The minimum Gasteiger partial charge on any atom is -0.493 e. The highest BCUT2D eigenvalue weighted by molar-refractivity contribution is 6.00. The molecule has 0 unspecified atom stereocenters. The first kappa shape index (κ1) is 23.5. The zero-order chi connectivity index (χ0) is 23.6. The number of nitrogens with one attached hydrogen (secondary N) is 1. The third-order valence-electron chi connectivity index (χ3n) is 4.58. The number of para-hydroxylation sites is 1. The fourth-order valence-electron chi connectivity index (χ4n) is 2.98. The standard InChI is InChI=1S/C26H26N2O5/c1-18(2)6-5-15-32-20-10-12-21(13-11-20)33-25-14-9-19(17-27-25)16-24(29)28-23-8-4-3-7-22(23)26(30)31/h3-4,6-14,17H,5,15-16H2,1-2H3,(H,28,29)(H,30,31). The predicted molar refractivity (Wildman–Crippen MR) is 126 cm³/mol. The van der Waals surface area contributed by atoms with Gasteiger partial charge in [-0.15, -0.1) is 0 Å².